The van der Waals surface area contributed by atoms with Crippen molar-refractivity contribution < 1.29 is 47.8 Å². The number of phosphoric ester groups is 1. The van der Waals surface area contributed by atoms with E-state index in [1.807, 2.05) is 0 Å². The van der Waals surface area contributed by atoms with Crippen LogP contribution in [0.3, 0.4) is 0 Å². The zero-order valence-electron chi connectivity index (χ0n) is 36.6. The molecule has 0 fully saturated rings. The van der Waals surface area contributed by atoms with Crippen LogP contribution in [0.2, 0.25) is 0 Å². The van der Waals surface area contributed by atoms with Crippen LogP contribution in [0, 0.1) is 0 Å². The van der Waals surface area contributed by atoms with Crippen LogP contribution in [0.4, 0.5) is 0 Å². The molecule has 0 saturated heterocycles. The standard InChI is InChI=1S/C46H87O10P/c1-3-5-7-9-11-13-15-17-19-20-21-22-24-26-28-30-32-34-36-38-46(50)56-44(42-55-57(51,52)54-40-43(48)39-47)41-53-45(49)37-35-33-31-29-27-25-23-18-16-14-12-10-8-6-4-2/h11,13,17,19,43-44,47-48H,3-10,12,14-16,18,20-42H2,1-2H3,(H,51,52)/b13-11-,19-17-/t43-,44+/m0/s1. The molecule has 0 amide bonds. The second-order valence-corrected chi connectivity index (χ2v) is 17.2. The van der Waals surface area contributed by atoms with Gasteiger partial charge >= 0.3 is 19.8 Å². The van der Waals surface area contributed by atoms with Gasteiger partial charge < -0.3 is 24.6 Å². The Morgan fingerprint density at radius 2 is 0.912 bits per heavy atom. The first-order valence-electron chi connectivity index (χ1n) is 23.3. The number of hydrogen-bond acceptors (Lipinski definition) is 9. The highest BCUT2D eigenvalue weighted by atomic mass is 31.2. The molecular weight excluding hydrogens is 743 g/mol. The number of aliphatic hydroxyl groups excluding tert-OH is 2. The number of allylic oxidation sites excluding steroid dienone is 4. The van der Waals surface area contributed by atoms with Gasteiger partial charge in [-0.1, -0.05) is 186 Å². The van der Waals surface area contributed by atoms with E-state index < -0.39 is 51.8 Å². The first kappa shape index (κ1) is 55.5. The van der Waals surface area contributed by atoms with Crippen LogP contribution in [0.5, 0.6) is 0 Å². The average Bonchev–Trinajstić information content (AvgIpc) is 3.20. The molecule has 0 aliphatic heterocycles. The molecule has 10 nitrogen and oxygen atoms in total. The summed E-state index contributed by atoms with van der Waals surface area (Å²) in [5.41, 5.74) is 0. The summed E-state index contributed by atoms with van der Waals surface area (Å²) in [6.07, 6.45) is 42.8. The molecule has 0 heterocycles. The number of carbonyl (C=O) groups is 2. The number of unbranched alkanes of at least 4 members (excludes halogenated alkanes) is 26. The number of hydrogen-bond donors (Lipinski definition) is 3. The number of ether oxygens (including phenoxy) is 2. The first-order valence-corrected chi connectivity index (χ1v) is 24.8. The van der Waals surface area contributed by atoms with Crippen molar-refractivity contribution in [3.05, 3.63) is 24.3 Å². The van der Waals surface area contributed by atoms with Gasteiger partial charge in [0, 0.05) is 12.8 Å². The lowest BCUT2D eigenvalue weighted by molar-refractivity contribution is -0.161. The number of phosphoric acid groups is 1. The lowest BCUT2D eigenvalue weighted by atomic mass is 10.0. The van der Waals surface area contributed by atoms with Gasteiger partial charge in [-0.05, 0) is 44.9 Å². The molecule has 0 bridgehead atoms. The fraction of sp³-hybridized carbons (Fsp3) is 0.870. The van der Waals surface area contributed by atoms with E-state index in [0.717, 1.165) is 51.4 Å². The molecule has 0 aromatic carbocycles. The maximum absolute atomic E-state index is 12.6. The Morgan fingerprint density at radius 1 is 0.526 bits per heavy atom. The summed E-state index contributed by atoms with van der Waals surface area (Å²) in [4.78, 5) is 35.1. The van der Waals surface area contributed by atoms with Crippen LogP contribution in [-0.4, -0.2) is 65.7 Å². The van der Waals surface area contributed by atoms with E-state index in [1.54, 1.807) is 0 Å². The predicted octanol–water partition coefficient (Wildman–Crippen LogP) is 12.6. The van der Waals surface area contributed by atoms with Gasteiger partial charge in [-0.25, -0.2) is 4.57 Å². The van der Waals surface area contributed by atoms with E-state index in [1.165, 1.54) is 128 Å². The van der Waals surface area contributed by atoms with Crippen molar-refractivity contribution in [1.29, 1.82) is 0 Å². The quantitative estimate of drug-likeness (QED) is 0.0234. The lowest BCUT2D eigenvalue weighted by Gasteiger charge is -2.20. The largest absolute Gasteiger partial charge is 0.472 e. The second-order valence-electron chi connectivity index (χ2n) is 15.8. The lowest BCUT2D eigenvalue weighted by Crippen LogP contribution is -2.29. The van der Waals surface area contributed by atoms with Gasteiger partial charge in [0.1, 0.15) is 12.7 Å². The highest BCUT2D eigenvalue weighted by Crippen LogP contribution is 2.43. The Morgan fingerprint density at radius 3 is 1.39 bits per heavy atom. The number of aliphatic hydroxyl groups is 2. The molecule has 3 atom stereocenters. The minimum Gasteiger partial charge on any atom is -0.462 e. The van der Waals surface area contributed by atoms with Crippen LogP contribution in [0.1, 0.15) is 219 Å². The fourth-order valence-electron chi connectivity index (χ4n) is 6.50. The maximum Gasteiger partial charge on any atom is 0.472 e. The molecule has 0 aromatic rings. The molecule has 57 heavy (non-hydrogen) atoms. The summed E-state index contributed by atoms with van der Waals surface area (Å²) in [5, 5.41) is 18.4. The van der Waals surface area contributed by atoms with Crippen LogP contribution in [0.25, 0.3) is 0 Å². The van der Waals surface area contributed by atoms with Gasteiger partial charge in [-0.3, -0.25) is 18.6 Å². The van der Waals surface area contributed by atoms with E-state index in [9.17, 15) is 24.2 Å². The Kier molecular flexibility index (Phi) is 41.4. The van der Waals surface area contributed by atoms with E-state index in [0.29, 0.717) is 12.8 Å². The smallest absolute Gasteiger partial charge is 0.462 e. The van der Waals surface area contributed by atoms with E-state index in [-0.39, 0.29) is 19.4 Å². The van der Waals surface area contributed by atoms with Crippen LogP contribution < -0.4 is 0 Å². The van der Waals surface area contributed by atoms with Gasteiger partial charge in [0.2, 0.25) is 0 Å². The third-order valence-corrected chi connectivity index (χ3v) is 11.1. The maximum atomic E-state index is 12.6. The zero-order chi connectivity index (χ0) is 41.9. The molecule has 0 aliphatic rings. The molecule has 0 spiro atoms. The average molecular weight is 831 g/mol. The minimum atomic E-state index is -4.62. The first-order chi connectivity index (χ1) is 27.7. The second kappa shape index (κ2) is 42.6. The summed E-state index contributed by atoms with van der Waals surface area (Å²) in [5.74, 6) is -0.919. The molecule has 336 valence electrons. The topological polar surface area (TPSA) is 149 Å². The molecule has 11 heteroatoms. The molecule has 3 N–H and O–H groups in total. The van der Waals surface area contributed by atoms with Crippen LogP contribution in [0.15, 0.2) is 24.3 Å². The summed E-state index contributed by atoms with van der Waals surface area (Å²) < 4.78 is 32.8. The number of esters is 2. The monoisotopic (exact) mass is 831 g/mol. The van der Waals surface area contributed by atoms with Gasteiger partial charge in [0.05, 0.1) is 19.8 Å². The summed E-state index contributed by atoms with van der Waals surface area (Å²) >= 11 is 0. The van der Waals surface area contributed by atoms with Gasteiger partial charge in [0.15, 0.2) is 6.10 Å². The van der Waals surface area contributed by atoms with Gasteiger partial charge in [-0.15, -0.1) is 0 Å². The Labute approximate surface area is 348 Å². The van der Waals surface area contributed by atoms with Crippen molar-refractivity contribution in [3.8, 4) is 0 Å². The minimum absolute atomic E-state index is 0.182. The predicted molar refractivity (Wildman–Crippen MR) is 233 cm³/mol. The van der Waals surface area contributed by atoms with Crippen molar-refractivity contribution in [2.24, 2.45) is 0 Å². The van der Waals surface area contributed by atoms with Crippen LogP contribution >= 0.6 is 7.82 Å². The molecule has 0 radical (unpaired) electrons. The van der Waals surface area contributed by atoms with Crippen LogP contribution in [-0.2, 0) is 32.7 Å². The summed E-state index contributed by atoms with van der Waals surface area (Å²) in [6.45, 7) is 2.38. The Balaban J connectivity index is 4.23. The Bertz CT molecular complexity index is 1000. The Hall–Kier alpha value is -1.55. The number of carbonyl (C=O) groups excluding carboxylic acids is 2. The van der Waals surface area contributed by atoms with E-state index >= 15 is 0 Å². The zero-order valence-corrected chi connectivity index (χ0v) is 37.5. The molecule has 0 aromatic heterocycles. The SMILES string of the molecule is CCCCC/C=C\C/C=C\CCCCCCCCCCCC(=O)O[C@H](COC(=O)CCCCCCCCCCCCCCCCC)COP(=O)(O)OC[C@@H](O)CO. The third kappa shape index (κ3) is 42.4. The summed E-state index contributed by atoms with van der Waals surface area (Å²) in [7, 11) is -4.62. The molecule has 0 rings (SSSR count). The number of rotatable bonds is 44. The highest BCUT2D eigenvalue weighted by molar-refractivity contribution is 7.47. The summed E-state index contributed by atoms with van der Waals surface area (Å²) in [6, 6.07) is 0. The fourth-order valence-corrected chi connectivity index (χ4v) is 7.28. The van der Waals surface area contributed by atoms with E-state index in [4.69, 9.17) is 23.6 Å². The molecule has 1 unspecified atom stereocenters. The van der Waals surface area contributed by atoms with Crippen molar-refractivity contribution in [2.75, 3.05) is 26.4 Å². The van der Waals surface area contributed by atoms with Crippen molar-refractivity contribution in [2.45, 2.75) is 232 Å². The van der Waals surface area contributed by atoms with Crippen molar-refractivity contribution in [3.63, 3.8) is 0 Å². The van der Waals surface area contributed by atoms with Gasteiger partial charge in [-0.2, -0.15) is 0 Å². The van der Waals surface area contributed by atoms with Gasteiger partial charge in [0.25, 0.3) is 0 Å². The third-order valence-electron chi connectivity index (χ3n) is 10.1. The van der Waals surface area contributed by atoms with Crippen molar-refractivity contribution >= 4 is 19.8 Å². The normalized spacial score (nSPS) is 14.0. The molecular formula is C46H87O10P. The highest BCUT2D eigenvalue weighted by Gasteiger charge is 2.27. The molecule has 0 aliphatic carbocycles. The molecule has 0 saturated carbocycles. The van der Waals surface area contributed by atoms with Crippen molar-refractivity contribution in [1.82, 2.24) is 0 Å². The van der Waals surface area contributed by atoms with E-state index in [2.05, 4.69) is 38.2 Å².